The van der Waals surface area contributed by atoms with E-state index in [2.05, 4.69) is 27.8 Å². The molecule has 18 heavy (non-hydrogen) atoms. The fourth-order valence-electron chi connectivity index (χ4n) is 4.30. The molecule has 0 aromatic carbocycles. The smallest absolute Gasteiger partial charge is 0.0223 e. The summed E-state index contributed by atoms with van der Waals surface area (Å²) in [6, 6.07) is 1.77. The summed E-state index contributed by atoms with van der Waals surface area (Å²) in [5.41, 5.74) is 0. The summed E-state index contributed by atoms with van der Waals surface area (Å²) in [6.45, 7) is 5.45. The molecule has 3 rings (SSSR count). The van der Waals surface area contributed by atoms with Gasteiger partial charge in [0.2, 0.25) is 0 Å². The highest BCUT2D eigenvalue weighted by molar-refractivity contribution is 7.99. The quantitative estimate of drug-likeness (QED) is 0.760. The van der Waals surface area contributed by atoms with Crippen molar-refractivity contribution in [3.8, 4) is 0 Å². The maximum Gasteiger partial charge on any atom is 0.0223 e. The molecule has 0 aromatic heterocycles. The van der Waals surface area contributed by atoms with Crippen molar-refractivity contribution in [1.82, 2.24) is 9.80 Å². The minimum absolute atomic E-state index is 0.879. The van der Waals surface area contributed by atoms with Crippen LogP contribution in [0.15, 0.2) is 0 Å². The lowest BCUT2D eigenvalue weighted by atomic mass is 10.0. The average molecular weight is 268 g/mol. The molecule has 2 saturated heterocycles. The molecular weight excluding hydrogens is 240 g/mol. The van der Waals surface area contributed by atoms with E-state index in [4.69, 9.17) is 0 Å². The van der Waals surface area contributed by atoms with E-state index in [1.165, 1.54) is 71.1 Å². The molecule has 0 aromatic rings. The number of thioether (sulfide) groups is 1. The van der Waals surface area contributed by atoms with E-state index >= 15 is 0 Å². The van der Waals surface area contributed by atoms with Crippen LogP contribution < -0.4 is 0 Å². The van der Waals surface area contributed by atoms with Gasteiger partial charge in [0.15, 0.2) is 0 Å². The third kappa shape index (κ3) is 2.73. The van der Waals surface area contributed by atoms with Crippen LogP contribution in [0, 0.1) is 0 Å². The van der Waals surface area contributed by atoms with Crippen molar-refractivity contribution >= 4 is 11.8 Å². The SMILES string of the molecule is CSC1CCCC1N1CCCN2CCCCC2C1. The van der Waals surface area contributed by atoms with Gasteiger partial charge >= 0.3 is 0 Å². The predicted molar refractivity (Wildman–Crippen MR) is 80.3 cm³/mol. The molecule has 3 heteroatoms. The molecule has 2 heterocycles. The van der Waals surface area contributed by atoms with Crippen LogP contribution in [-0.2, 0) is 0 Å². The number of hydrogen-bond acceptors (Lipinski definition) is 3. The summed E-state index contributed by atoms with van der Waals surface area (Å²) in [6.07, 6.45) is 12.4. The Labute approximate surface area is 116 Å². The largest absolute Gasteiger partial charge is 0.299 e. The summed E-state index contributed by atoms with van der Waals surface area (Å²) in [5, 5.41) is 0.917. The molecule has 2 nitrogen and oxygen atoms in total. The maximum absolute atomic E-state index is 2.87. The fraction of sp³-hybridized carbons (Fsp3) is 1.00. The van der Waals surface area contributed by atoms with Crippen LogP contribution >= 0.6 is 11.8 Å². The minimum Gasteiger partial charge on any atom is -0.299 e. The van der Waals surface area contributed by atoms with Gasteiger partial charge in [-0.05, 0) is 58.0 Å². The van der Waals surface area contributed by atoms with E-state index in [1.54, 1.807) is 0 Å². The number of fused-ring (bicyclic) bond motifs is 1. The van der Waals surface area contributed by atoms with E-state index in [1.807, 2.05) is 0 Å². The van der Waals surface area contributed by atoms with E-state index < -0.39 is 0 Å². The Morgan fingerprint density at radius 3 is 2.56 bits per heavy atom. The van der Waals surface area contributed by atoms with Crippen molar-refractivity contribution in [2.24, 2.45) is 0 Å². The van der Waals surface area contributed by atoms with Gasteiger partial charge in [0.25, 0.3) is 0 Å². The average Bonchev–Trinajstić information content (AvgIpc) is 2.77. The molecule has 0 spiro atoms. The van der Waals surface area contributed by atoms with Crippen LogP contribution in [0.5, 0.6) is 0 Å². The van der Waals surface area contributed by atoms with Crippen LogP contribution in [0.3, 0.4) is 0 Å². The highest BCUT2D eigenvalue weighted by Crippen LogP contribution is 2.34. The standard InChI is InChI=1S/C15H28N2S/c1-18-15-8-4-7-14(15)17-11-5-10-16-9-3-2-6-13(16)12-17/h13-15H,2-12H2,1H3. The predicted octanol–water partition coefficient (Wildman–Crippen LogP) is 2.83. The first kappa shape index (κ1) is 13.3. The van der Waals surface area contributed by atoms with E-state index in [-0.39, 0.29) is 0 Å². The Balaban J connectivity index is 1.65. The van der Waals surface area contributed by atoms with Gasteiger partial charge in [-0.1, -0.05) is 12.8 Å². The van der Waals surface area contributed by atoms with E-state index in [9.17, 15) is 0 Å². The van der Waals surface area contributed by atoms with Crippen molar-refractivity contribution in [3.63, 3.8) is 0 Å². The zero-order valence-corrected chi connectivity index (χ0v) is 12.6. The zero-order chi connectivity index (χ0) is 12.4. The van der Waals surface area contributed by atoms with Crippen LogP contribution in [0.25, 0.3) is 0 Å². The van der Waals surface area contributed by atoms with Crippen molar-refractivity contribution in [2.45, 2.75) is 62.3 Å². The van der Waals surface area contributed by atoms with Crippen molar-refractivity contribution in [3.05, 3.63) is 0 Å². The third-order valence-corrected chi connectivity index (χ3v) is 6.43. The molecule has 0 N–H and O–H groups in total. The Morgan fingerprint density at radius 2 is 1.67 bits per heavy atom. The maximum atomic E-state index is 2.87. The molecule has 1 saturated carbocycles. The third-order valence-electron chi connectivity index (χ3n) is 5.27. The van der Waals surface area contributed by atoms with Crippen molar-refractivity contribution < 1.29 is 0 Å². The van der Waals surface area contributed by atoms with Gasteiger partial charge in [0.1, 0.15) is 0 Å². The van der Waals surface area contributed by atoms with Crippen molar-refractivity contribution in [2.75, 3.05) is 32.4 Å². The van der Waals surface area contributed by atoms with E-state index in [0.717, 1.165) is 17.3 Å². The first-order chi connectivity index (χ1) is 8.88. The highest BCUT2D eigenvalue weighted by atomic mass is 32.2. The normalized spacial score (nSPS) is 39.5. The molecule has 3 aliphatic rings. The van der Waals surface area contributed by atoms with Crippen LogP contribution in [0.2, 0.25) is 0 Å². The first-order valence-corrected chi connectivity index (χ1v) is 9.18. The molecule has 1 aliphatic carbocycles. The molecule has 104 valence electrons. The lowest BCUT2D eigenvalue weighted by molar-refractivity contribution is 0.121. The number of nitrogens with zero attached hydrogens (tertiary/aromatic N) is 2. The van der Waals surface area contributed by atoms with Gasteiger partial charge in [0.05, 0.1) is 0 Å². The Kier molecular flexibility index (Phi) is 4.53. The second kappa shape index (κ2) is 6.15. The molecule has 0 bridgehead atoms. The van der Waals surface area contributed by atoms with Gasteiger partial charge in [-0.25, -0.2) is 0 Å². The lowest BCUT2D eigenvalue weighted by Crippen LogP contribution is -2.47. The Bertz CT molecular complexity index is 271. The van der Waals surface area contributed by atoms with Crippen LogP contribution in [-0.4, -0.2) is 59.6 Å². The Hall–Kier alpha value is 0.270. The summed E-state index contributed by atoms with van der Waals surface area (Å²) < 4.78 is 0. The van der Waals surface area contributed by atoms with Crippen LogP contribution in [0.4, 0.5) is 0 Å². The van der Waals surface area contributed by atoms with Gasteiger partial charge in [-0.15, -0.1) is 0 Å². The summed E-state index contributed by atoms with van der Waals surface area (Å²) in [5.74, 6) is 0. The summed E-state index contributed by atoms with van der Waals surface area (Å²) in [7, 11) is 0. The second-order valence-electron chi connectivity index (χ2n) is 6.31. The number of piperidine rings is 1. The molecule has 0 radical (unpaired) electrons. The second-order valence-corrected chi connectivity index (χ2v) is 7.38. The van der Waals surface area contributed by atoms with Crippen molar-refractivity contribution in [1.29, 1.82) is 0 Å². The first-order valence-electron chi connectivity index (χ1n) is 7.89. The topological polar surface area (TPSA) is 6.48 Å². The molecule has 3 atom stereocenters. The monoisotopic (exact) mass is 268 g/mol. The van der Waals surface area contributed by atoms with Gasteiger partial charge in [-0.2, -0.15) is 11.8 Å². The minimum atomic E-state index is 0.879. The van der Waals surface area contributed by atoms with Gasteiger partial charge < -0.3 is 0 Å². The Morgan fingerprint density at radius 1 is 0.833 bits per heavy atom. The van der Waals surface area contributed by atoms with Crippen LogP contribution in [0.1, 0.15) is 44.9 Å². The van der Waals surface area contributed by atoms with Gasteiger partial charge in [0, 0.05) is 23.9 Å². The highest BCUT2D eigenvalue weighted by Gasteiger charge is 2.35. The molecular formula is C15H28N2S. The summed E-state index contributed by atoms with van der Waals surface area (Å²) in [4.78, 5) is 5.65. The molecule has 3 unspecified atom stereocenters. The summed E-state index contributed by atoms with van der Waals surface area (Å²) >= 11 is 2.12. The lowest BCUT2D eigenvalue weighted by Gasteiger charge is -2.38. The number of rotatable bonds is 2. The molecule has 2 aliphatic heterocycles. The fourth-order valence-corrected chi connectivity index (χ4v) is 5.33. The number of hydrogen-bond donors (Lipinski definition) is 0. The van der Waals surface area contributed by atoms with E-state index in [0.29, 0.717) is 0 Å². The van der Waals surface area contributed by atoms with Gasteiger partial charge in [-0.3, -0.25) is 9.80 Å². The zero-order valence-electron chi connectivity index (χ0n) is 11.8. The molecule has 0 amide bonds. The molecule has 3 fully saturated rings.